The van der Waals surface area contributed by atoms with E-state index in [1.54, 1.807) is 7.05 Å². The molecule has 110 valence electrons. The van der Waals surface area contributed by atoms with E-state index in [9.17, 15) is 4.79 Å². The molecule has 0 radical (unpaired) electrons. The van der Waals surface area contributed by atoms with Crippen LogP contribution in [0.25, 0.3) is 0 Å². The minimum absolute atomic E-state index is 0.132. The lowest BCUT2D eigenvalue weighted by Gasteiger charge is -2.32. The molecule has 0 aliphatic carbocycles. The Hall–Kier alpha value is -1.85. The van der Waals surface area contributed by atoms with Crippen LogP contribution < -0.4 is 15.5 Å². The highest BCUT2D eigenvalue weighted by molar-refractivity contribution is 5.78. The van der Waals surface area contributed by atoms with Gasteiger partial charge in [0, 0.05) is 45.6 Å². The highest BCUT2D eigenvalue weighted by atomic mass is 16.1. The van der Waals surface area contributed by atoms with Crippen molar-refractivity contribution in [2.75, 3.05) is 37.4 Å². The molecule has 1 aliphatic heterocycles. The largest absolute Gasteiger partial charge is 0.373 e. The summed E-state index contributed by atoms with van der Waals surface area (Å²) >= 11 is 0. The Morgan fingerprint density at radius 2 is 2.05 bits per heavy atom. The summed E-state index contributed by atoms with van der Waals surface area (Å²) in [5.74, 6) is 2.93. The van der Waals surface area contributed by atoms with E-state index in [-0.39, 0.29) is 11.8 Å². The molecule has 1 fully saturated rings. The molecular weight excluding hydrogens is 254 g/mol. The fourth-order valence-electron chi connectivity index (χ4n) is 2.51. The van der Waals surface area contributed by atoms with E-state index in [2.05, 4.69) is 32.4 Å². The first-order chi connectivity index (χ1) is 9.67. The van der Waals surface area contributed by atoms with E-state index in [4.69, 9.17) is 0 Å². The standard InChI is InChI=1S/C14H23N5O/c1-4-11-17-12(15-2)9-13(18-11)19-7-5-10(6-8-19)14(20)16-3/h9-10H,4-8H2,1-3H3,(H,16,20)(H,15,17,18). The molecule has 2 N–H and O–H groups in total. The van der Waals surface area contributed by atoms with E-state index in [0.717, 1.165) is 49.8 Å². The molecule has 1 aliphatic rings. The second-order valence-corrected chi connectivity index (χ2v) is 5.01. The Kier molecular flexibility index (Phi) is 4.76. The van der Waals surface area contributed by atoms with Gasteiger partial charge in [0.05, 0.1) is 0 Å². The molecule has 0 unspecified atom stereocenters. The maximum Gasteiger partial charge on any atom is 0.222 e. The van der Waals surface area contributed by atoms with Crippen molar-refractivity contribution in [2.24, 2.45) is 5.92 Å². The lowest BCUT2D eigenvalue weighted by atomic mass is 9.96. The Morgan fingerprint density at radius 3 is 2.60 bits per heavy atom. The first kappa shape index (κ1) is 14.6. The van der Waals surface area contributed by atoms with Gasteiger partial charge in [0.15, 0.2) is 0 Å². The van der Waals surface area contributed by atoms with Gasteiger partial charge in [-0.2, -0.15) is 0 Å². The number of amides is 1. The predicted octanol–water partition coefficient (Wildman–Crippen LogP) is 1.04. The second kappa shape index (κ2) is 6.54. The third kappa shape index (κ3) is 3.18. The topological polar surface area (TPSA) is 70.2 Å². The van der Waals surface area contributed by atoms with Crippen LogP contribution in [0.15, 0.2) is 6.07 Å². The maximum atomic E-state index is 11.6. The monoisotopic (exact) mass is 277 g/mol. The summed E-state index contributed by atoms with van der Waals surface area (Å²) in [5.41, 5.74) is 0. The highest BCUT2D eigenvalue weighted by Crippen LogP contribution is 2.23. The molecule has 1 aromatic rings. The number of rotatable bonds is 4. The number of anilines is 2. The van der Waals surface area contributed by atoms with E-state index >= 15 is 0 Å². The molecule has 2 rings (SSSR count). The Labute approximate surface area is 120 Å². The van der Waals surface area contributed by atoms with E-state index < -0.39 is 0 Å². The van der Waals surface area contributed by atoms with Crippen molar-refractivity contribution in [1.82, 2.24) is 15.3 Å². The van der Waals surface area contributed by atoms with Crippen molar-refractivity contribution in [3.63, 3.8) is 0 Å². The van der Waals surface area contributed by atoms with Gasteiger partial charge in [-0.1, -0.05) is 6.92 Å². The molecule has 0 spiro atoms. The molecule has 0 aromatic carbocycles. The van der Waals surface area contributed by atoms with Crippen LogP contribution in [0.3, 0.4) is 0 Å². The lowest BCUT2D eigenvalue weighted by molar-refractivity contribution is -0.125. The minimum atomic E-state index is 0.132. The van der Waals surface area contributed by atoms with E-state index in [0.29, 0.717) is 0 Å². The highest BCUT2D eigenvalue weighted by Gasteiger charge is 2.25. The SMILES string of the molecule is CCc1nc(NC)cc(N2CCC(C(=O)NC)CC2)n1. The normalized spacial score (nSPS) is 16.1. The maximum absolute atomic E-state index is 11.6. The zero-order valence-corrected chi connectivity index (χ0v) is 12.4. The van der Waals surface area contributed by atoms with Crippen LogP contribution in [0.2, 0.25) is 0 Å². The lowest BCUT2D eigenvalue weighted by Crippen LogP contribution is -2.40. The molecule has 6 nitrogen and oxygen atoms in total. The minimum Gasteiger partial charge on any atom is -0.373 e. The molecule has 0 saturated carbocycles. The smallest absolute Gasteiger partial charge is 0.222 e. The summed E-state index contributed by atoms with van der Waals surface area (Å²) in [6.45, 7) is 3.78. The summed E-state index contributed by atoms with van der Waals surface area (Å²) in [7, 11) is 3.56. The van der Waals surface area contributed by atoms with Gasteiger partial charge in [-0.3, -0.25) is 4.79 Å². The fraction of sp³-hybridized carbons (Fsp3) is 0.643. The van der Waals surface area contributed by atoms with Gasteiger partial charge in [-0.15, -0.1) is 0 Å². The Bertz CT molecular complexity index is 446. The molecule has 0 atom stereocenters. The number of hydrogen-bond acceptors (Lipinski definition) is 5. The molecule has 6 heteroatoms. The van der Waals surface area contributed by atoms with Crippen LogP contribution in [0, 0.1) is 5.92 Å². The molecule has 20 heavy (non-hydrogen) atoms. The first-order valence-corrected chi connectivity index (χ1v) is 7.20. The zero-order chi connectivity index (χ0) is 14.5. The predicted molar refractivity (Wildman–Crippen MR) is 80.0 cm³/mol. The average Bonchev–Trinajstić information content (AvgIpc) is 2.53. The van der Waals surface area contributed by atoms with Crippen LogP contribution >= 0.6 is 0 Å². The summed E-state index contributed by atoms with van der Waals surface area (Å²) < 4.78 is 0. The molecule has 1 saturated heterocycles. The van der Waals surface area contributed by atoms with Crippen molar-refractivity contribution < 1.29 is 4.79 Å². The van der Waals surface area contributed by atoms with Gasteiger partial charge in [0.25, 0.3) is 0 Å². The van der Waals surface area contributed by atoms with E-state index in [1.807, 2.05) is 13.1 Å². The van der Waals surface area contributed by atoms with Gasteiger partial charge in [-0.05, 0) is 12.8 Å². The number of aromatic nitrogens is 2. The number of carbonyl (C=O) groups is 1. The number of hydrogen-bond donors (Lipinski definition) is 2. The molecule has 1 aromatic heterocycles. The van der Waals surface area contributed by atoms with Crippen LogP contribution in [0.4, 0.5) is 11.6 Å². The number of aryl methyl sites for hydroxylation is 1. The van der Waals surface area contributed by atoms with Gasteiger partial charge < -0.3 is 15.5 Å². The summed E-state index contributed by atoms with van der Waals surface area (Å²) in [4.78, 5) is 22.9. The van der Waals surface area contributed by atoms with Gasteiger partial charge in [-0.25, -0.2) is 9.97 Å². The van der Waals surface area contributed by atoms with Crippen molar-refractivity contribution in [3.8, 4) is 0 Å². The summed E-state index contributed by atoms with van der Waals surface area (Å²) in [6, 6.07) is 1.97. The van der Waals surface area contributed by atoms with Crippen LogP contribution in [-0.2, 0) is 11.2 Å². The van der Waals surface area contributed by atoms with Crippen LogP contribution in [-0.4, -0.2) is 43.1 Å². The van der Waals surface area contributed by atoms with E-state index in [1.165, 1.54) is 0 Å². The number of nitrogens with one attached hydrogen (secondary N) is 2. The molecule has 1 amide bonds. The number of nitrogens with zero attached hydrogens (tertiary/aromatic N) is 3. The van der Waals surface area contributed by atoms with Gasteiger partial charge in [0.2, 0.25) is 5.91 Å². The zero-order valence-electron chi connectivity index (χ0n) is 12.4. The Balaban J connectivity index is 2.08. The van der Waals surface area contributed by atoms with Crippen LogP contribution in [0.5, 0.6) is 0 Å². The first-order valence-electron chi connectivity index (χ1n) is 7.20. The molecule has 2 heterocycles. The van der Waals surface area contributed by atoms with Crippen molar-refractivity contribution >= 4 is 17.5 Å². The fourth-order valence-corrected chi connectivity index (χ4v) is 2.51. The average molecular weight is 277 g/mol. The van der Waals surface area contributed by atoms with Gasteiger partial charge >= 0.3 is 0 Å². The third-order valence-corrected chi connectivity index (χ3v) is 3.77. The molecule has 0 bridgehead atoms. The Morgan fingerprint density at radius 1 is 1.35 bits per heavy atom. The summed E-state index contributed by atoms with van der Waals surface area (Å²) in [5, 5.41) is 5.81. The van der Waals surface area contributed by atoms with Crippen molar-refractivity contribution in [3.05, 3.63) is 11.9 Å². The quantitative estimate of drug-likeness (QED) is 0.860. The molecular formula is C14H23N5O. The van der Waals surface area contributed by atoms with Crippen molar-refractivity contribution in [2.45, 2.75) is 26.2 Å². The summed E-state index contributed by atoms with van der Waals surface area (Å²) in [6.07, 6.45) is 2.57. The van der Waals surface area contributed by atoms with Crippen LogP contribution in [0.1, 0.15) is 25.6 Å². The third-order valence-electron chi connectivity index (χ3n) is 3.77. The number of carbonyl (C=O) groups excluding carboxylic acids is 1. The number of piperidine rings is 1. The van der Waals surface area contributed by atoms with Gasteiger partial charge in [0.1, 0.15) is 17.5 Å². The second-order valence-electron chi connectivity index (χ2n) is 5.01. The van der Waals surface area contributed by atoms with Crippen molar-refractivity contribution in [1.29, 1.82) is 0 Å².